The van der Waals surface area contributed by atoms with Gasteiger partial charge in [-0.15, -0.1) is 0 Å². The van der Waals surface area contributed by atoms with Gasteiger partial charge in [-0.3, -0.25) is 4.79 Å². The van der Waals surface area contributed by atoms with Crippen LogP contribution in [0.25, 0.3) is 0 Å². The minimum Gasteiger partial charge on any atom is -0.459 e. The monoisotopic (exact) mass is 498 g/mol. The number of fused-ring (bicyclic) bond motifs is 2. The van der Waals surface area contributed by atoms with Crippen LogP contribution in [0.5, 0.6) is 0 Å². The van der Waals surface area contributed by atoms with Crippen LogP contribution in [0.2, 0.25) is 0 Å². The molecular weight excluding hydrogens is 483 g/mol. The van der Waals surface area contributed by atoms with Crippen LogP contribution in [0.1, 0.15) is 25.7 Å². The van der Waals surface area contributed by atoms with Gasteiger partial charge in [0.05, 0.1) is 12.3 Å². The number of ether oxygens (including phenoxy) is 1. The number of carbonyl (C=O) groups excluding carboxylic acids is 1. The van der Waals surface area contributed by atoms with E-state index in [4.69, 9.17) is 0 Å². The van der Waals surface area contributed by atoms with Crippen molar-refractivity contribution in [2.75, 3.05) is 6.61 Å². The molecule has 2 nitrogen and oxygen atoms in total. The number of hydrogen-bond acceptors (Lipinski definition) is 2. The van der Waals surface area contributed by atoms with E-state index in [1.54, 1.807) is 12.2 Å². The molecule has 1 saturated carbocycles. The number of esters is 1. The second-order valence-electron chi connectivity index (χ2n) is 7.86. The van der Waals surface area contributed by atoms with Crippen molar-refractivity contribution in [1.29, 1.82) is 0 Å². The number of allylic oxidation sites excluding steroid dienone is 2. The molecule has 0 amide bonds. The maximum Gasteiger partial charge on any atom is 0.395 e. The summed E-state index contributed by atoms with van der Waals surface area (Å²) in [5.41, 5.74) is 0. The zero-order valence-corrected chi connectivity index (χ0v) is 15.7. The van der Waals surface area contributed by atoms with E-state index < -0.39 is 73.0 Å². The van der Waals surface area contributed by atoms with Gasteiger partial charge >= 0.3 is 41.8 Å². The number of alkyl halides is 13. The summed E-state index contributed by atoms with van der Waals surface area (Å²) >= 11 is 0. The fourth-order valence-corrected chi connectivity index (χ4v) is 3.58. The number of halogens is 13. The molecule has 0 aromatic rings. The number of hydrogen-bond donors (Lipinski definition) is 0. The Morgan fingerprint density at radius 1 is 0.719 bits per heavy atom. The minimum atomic E-state index is -7.05. The van der Waals surface area contributed by atoms with E-state index in [0.29, 0.717) is 6.42 Å². The Morgan fingerprint density at radius 3 is 1.69 bits per heavy atom. The van der Waals surface area contributed by atoms with Gasteiger partial charge < -0.3 is 4.74 Å². The van der Waals surface area contributed by atoms with Crippen molar-refractivity contribution in [3.8, 4) is 0 Å². The Kier molecular flexibility index (Phi) is 6.60. The first-order chi connectivity index (χ1) is 14.1. The van der Waals surface area contributed by atoms with Crippen molar-refractivity contribution in [2.45, 2.75) is 61.5 Å². The van der Waals surface area contributed by atoms with E-state index in [-0.39, 0.29) is 12.3 Å². The van der Waals surface area contributed by atoms with E-state index in [1.165, 1.54) is 0 Å². The van der Waals surface area contributed by atoms with Gasteiger partial charge in [0.25, 0.3) is 0 Å². The fourth-order valence-electron chi connectivity index (χ4n) is 3.58. The molecule has 0 aromatic heterocycles. The summed E-state index contributed by atoms with van der Waals surface area (Å²) in [4.78, 5) is 11.8. The molecule has 0 saturated heterocycles. The van der Waals surface area contributed by atoms with Crippen LogP contribution in [0.15, 0.2) is 12.2 Å². The average molecular weight is 498 g/mol. The van der Waals surface area contributed by atoms with Gasteiger partial charge in [-0.1, -0.05) is 12.2 Å². The molecule has 15 heteroatoms. The normalized spacial score (nSPS) is 24.8. The third kappa shape index (κ3) is 5.10. The molecule has 2 aliphatic rings. The second-order valence-corrected chi connectivity index (χ2v) is 7.86. The largest absolute Gasteiger partial charge is 0.459 e. The Hall–Kier alpha value is -1.70. The molecule has 186 valence electrons. The highest BCUT2D eigenvalue weighted by Gasteiger charge is 2.76. The average Bonchev–Trinajstić information content (AvgIpc) is 3.19. The lowest BCUT2D eigenvalue weighted by atomic mass is 9.93. The van der Waals surface area contributed by atoms with E-state index in [0.717, 1.165) is 0 Å². The van der Waals surface area contributed by atoms with Gasteiger partial charge in [-0.05, 0) is 24.7 Å². The van der Waals surface area contributed by atoms with Gasteiger partial charge in [0.15, 0.2) is 6.61 Å². The van der Waals surface area contributed by atoms with Gasteiger partial charge in [0.1, 0.15) is 6.42 Å². The highest BCUT2D eigenvalue weighted by Crippen LogP contribution is 2.55. The molecule has 2 aliphatic carbocycles. The molecule has 2 bridgehead atoms. The Bertz CT molecular complexity index is 741. The van der Waals surface area contributed by atoms with Crippen LogP contribution < -0.4 is 0 Å². The second kappa shape index (κ2) is 7.96. The molecule has 32 heavy (non-hydrogen) atoms. The maximum atomic E-state index is 13.7. The molecule has 0 spiro atoms. The standard InChI is InChI=1S/C17H15F13O2/c18-12(19,5-13(20,21)17(29,30)14(22,23)6-16(26,27)28)15(24,25)7-32-11(31)10-4-8-1-2-9(10)3-8/h1-2,8-10H,3-7H2. The predicted molar refractivity (Wildman–Crippen MR) is 79.8 cm³/mol. The van der Waals surface area contributed by atoms with Gasteiger partial charge in [0, 0.05) is 0 Å². The topological polar surface area (TPSA) is 26.3 Å². The minimum absolute atomic E-state index is 0.0706. The SMILES string of the molecule is O=C(OCC(F)(F)C(F)(F)CC(F)(F)C(F)(F)C(F)(F)CC(F)(F)F)C1CC2C=CC1C2. The molecular formula is C17H15F13O2. The van der Waals surface area contributed by atoms with E-state index in [1.807, 2.05) is 0 Å². The first-order valence-electron chi connectivity index (χ1n) is 8.93. The van der Waals surface area contributed by atoms with Crippen LogP contribution in [-0.2, 0) is 9.53 Å². The van der Waals surface area contributed by atoms with Crippen LogP contribution in [0.3, 0.4) is 0 Å². The molecule has 2 rings (SSSR count). The lowest BCUT2D eigenvalue weighted by Crippen LogP contribution is -2.59. The van der Waals surface area contributed by atoms with Crippen LogP contribution >= 0.6 is 0 Å². The van der Waals surface area contributed by atoms with Gasteiger partial charge in [0.2, 0.25) is 0 Å². The lowest BCUT2D eigenvalue weighted by molar-refractivity contribution is -0.351. The lowest BCUT2D eigenvalue weighted by Gasteiger charge is -2.36. The summed E-state index contributed by atoms with van der Waals surface area (Å²) in [6, 6.07) is 0. The summed E-state index contributed by atoms with van der Waals surface area (Å²) in [7, 11) is 0. The summed E-state index contributed by atoms with van der Waals surface area (Å²) < 4.78 is 175. The molecule has 0 aliphatic heterocycles. The van der Waals surface area contributed by atoms with Crippen molar-refractivity contribution in [3.63, 3.8) is 0 Å². The van der Waals surface area contributed by atoms with Crippen molar-refractivity contribution in [3.05, 3.63) is 12.2 Å². The van der Waals surface area contributed by atoms with Crippen molar-refractivity contribution in [1.82, 2.24) is 0 Å². The van der Waals surface area contributed by atoms with E-state index in [2.05, 4.69) is 4.74 Å². The van der Waals surface area contributed by atoms with Crippen LogP contribution in [-0.4, -0.2) is 48.4 Å². The molecule has 1 fully saturated rings. The molecule has 3 atom stereocenters. The van der Waals surface area contributed by atoms with Gasteiger partial charge in [-0.25, -0.2) is 0 Å². The van der Waals surface area contributed by atoms with Crippen LogP contribution in [0, 0.1) is 17.8 Å². The predicted octanol–water partition coefficient (Wildman–Crippen LogP) is 6.26. The summed E-state index contributed by atoms with van der Waals surface area (Å²) in [6.45, 7) is -2.53. The third-order valence-electron chi connectivity index (χ3n) is 5.30. The third-order valence-corrected chi connectivity index (χ3v) is 5.30. The molecule has 0 radical (unpaired) electrons. The maximum absolute atomic E-state index is 13.7. The summed E-state index contributed by atoms with van der Waals surface area (Å²) in [5.74, 6) is -35.0. The van der Waals surface area contributed by atoms with E-state index in [9.17, 15) is 61.9 Å². The smallest absolute Gasteiger partial charge is 0.395 e. The number of rotatable bonds is 9. The Morgan fingerprint density at radius 2 is 1.25 bits per heavy atom. The zero-order valence-electron chi connectivity index (χ0n) is 15.7. The van der Waals surface area contributed by atoms with Crippen molar-refractivity contribution >= 4 is 5.97 Å². The fraction of sp³-hybridized carbons (Fsp3) is 0.824. The zero-order chi connectivity index (χ0) is 25.0. The molecule has 0 aromatic carbocycles. The first kappa shape index (κ1) is 26.6. The highest BCUT2D eigenvalue weighted by atomic mass is 19.4. The Labute approximate surface area is 171 Å². The van der Waals surface area contributed by atoms with Crippen LogP contribution in [0.4, 0.5) is 57.1 Å². The highest BCUT2D eigenvalue weighted by molar-refractivity contribution is 5.74. The van der Waals surface area contributed by atoms with Crippen molar-refractivity contribution < 1.29 is 66.6 Å². The van der Waals surface area contributed by atoms with Crippen molar-refractivity contribution in [2.24, 2.45) is 17.8 Å². The summed E-state index contributed by atoms with van der Waals surface area (Å²) in [6.07, 6.45) is -9.91. The van der Waals surface area contributed by atoms with Gasteiger partial charge in [-0.2, -0.15) is 57.1 Å². The summed E-state index contributed by atoms with van der Waals surface area (Å²) in [5, 5.41) is 0. The first-order valence-corrected chi connectivity index (χ1v) is 8.93. The number of carbonyl (C=O) groups is 1. The molecule has 3 unspecified atom stereocenters. The van der Waals surface area contributed by atoms with E-state index >= 15 is 0 Å². The molecule has 0 heterocycles. The quantitative estimate of drug-likeness (QED) is 0.213. The Balaban J connectivity index is 2.09. The molecule has 0 N–H and O–H groups in total.